The van der Waals surface area contributed by atoms with E-state index in [1.54, 1.807) is 6.20 Å². The molecule has 1 heteroatoms. The molecule has 1 unspecified atom stereocenters. The lowest BCUT2D eigenvalue weighted by atomic mass is 9.99. The van der Waals surface area contributed by atoms with Gasteiger partial charge in [-0.3, -0.25) is 4.99 Å². The zero-order valence-corrected chi connectivity index (χ0v) is 8.21. The number of rotatable bonds is 6. The van der Waals surface area contributed by atoms with Crippen molar-refractivity contribution in [3.05, 3.63) is 25.4 Å². The molecule has 0 aromatic carbocycles. The molecule has 0 rings (SSSR count). The minimum absolute atomic E-state index is 0.514. The summed E-state index contributed by atoms with van der Waals surface area (Å²) in [6, 6.07) is 0. The Hall–Kier alpha value is -0.850. The van der Waals surface area contributed by atoms with E-state index >= 15 is 0 Å². The third-order valence-corrected chi connectivity index (χ3v) is 1.95. The second-order valence-corrected chi connectivity index (χ2v) is 2.98. The van der Waals surface area contributed by atoms with Crippen molar-refractivity contribution in [1.29, 1.82) is 0 Å². The molecule has 0 saturated heterocycles. The van der Waals surface area contributed by atoms with E-state index in [0.717, 1.165) is 5.71 Å². The molecule has 0 aromatic heterocycles. The zero-order chi connectivity index (χ0) is 9.40. The molecule has 0 aromatic rings. The van der Waals surface area contributed by atoms with Crippen LogP contribution in [0.4, 0.5) is 0 Å². The molecule has 0 aliphatic carbocycles. The average molecular weight is 165 g/mol. The Bertz CT molecular complexity index is 168. The van der Waals surface area contributed by atoms with Gasteiger partial charge in [-0.1, -0.05) is 39.8 Å². The molecule has 0 aliphatic rings. The molecule has 0 N–H and O–H groups in total. The largest absolute Gasteiger partial charge is 0.262 e. The first-order valence-electron chi connectivity index (χ1n) is 4.57. The van der Waals surface area contributed by atoms with Crippen LogP contribution >= 0.6 is 0 Å². The lowest BCUT2D eigenvalue weighted by Crippen LogP contribution is -2.07. The summed E-state index contributed by atoms with van der Waals surface area (Å²) >= 11 is 0. The van der Waals surface area contributed by atoms with Crippen LogP contribution in [0.2, 0.25) is 0 Å². The molecule has 0 heterocycles. The lowest BCUT2D eigenvalue weighted by molar-refractivity contribution is 0.626. The van der Waals surface area contributed by atoms with Crippen LogP contribution in [0.3, 0.4) is 0 Å². The van der Waals surface area contributed by atoms with E-state index in [2.05, 4.69) is 32.0 Å². The first-order chi connectivity index (χ1) is 5.76. The topological polar surface area (TPSA) is 12.4 Å². The molecule has 12 heavy (non-hydrogen) atoms. The maximum atomic E-state index is 4.16. The second kappa shape index (κ2) is 6.84. The van der Waals surface area contributed by atoms with E-state index in [4.69, 9.17) is 0 Å². The fraction of sp³-hybridized carbons (Fsp3) is 0.545. The number of nitrogens with zero attached hydrogens (tertiary/aromatic N) is 1. The Kier molecular flexibility index (Phi) is 6.35. The van der Waals surface area contributed by atoms with Crippen LogP contribution in [0.1, 0.15) is 33.1 Å². The molecule has 1 atom stereocenters. The highest BCUT2D eigenvalue weighted by Gasteiger charge is 2.05. The normalized spacial score (nSPS) is 14.0. The molecule has 0 spiro atoms. The maximum Gasteiger partial charge on any atom is 0.0425 e. The van der Waals surface area contributed by atoms with E-state index < -0.39 is 0 Å². The van der Waals surface area contributed by atoms with Crippen LogP contribution in [0.5, 0.6) is 0 Å². The van der Waals surface area contributed by atoms with Crippen molar-refractivity contribution in [1.82, 2.24) is 0 Å². The van der Waals surface area contributed by atoms with Gasteiger partial charge in [-0.25, -0.2) is 0 Å². The van der Waals surface area contributed by atoms with E-state index in [1.165, 1.54) is 19.3 Å². The summed E-state index contributed by atoms with van der Waals surface area (Å²) in [5, 5.41) is 0. The van der Waals surface area contributed by atoms with Gasteiger partial charge in [0.05, 0.1) is 0 Å². The van der Waals surface area contributed by atoms with Crippen LogP contribution in [0.15, 0.2) is 30.4 Å². The summed E-state index contributed by atoms with van der Waals surface area (Å²) in [7, 11) is 0. The maximum absolute atomic E-state index is 4.16. The van der Waals surface area contributed by atoms with Gasteiger partial charge >= 0.3 is 0 Å². The predicted molar refractivity (Wildman–Crippen MR) is 56.5 cm³/mol. The molecule has 68 valence electrons. The SMILES string of the molecule is C=C/N=C(\C=C)C(C)CCCC. The highest BCUT2D eigenvalue weighted by Crippen LogP contribution is 2.10. The molecule has 0 amide bonds. The molecular formula is C11H19N. The number of hydrogen-bond acceptors (Lipinski definition) is 1. The molecule has 0 fully saturated rings. The van der Waals surface area contributed by atoms with Crippen molar-refractivity contribution in [3.8, 4) is 0 Å². The Morgan fingerprint density at radius 2 is 2.17 bits per heavy atom. The Labute approximate surface area is 75.9 Å². The third-order valence-electron chi connectivity index (χ3n) is 1.95. The van der Waals surface area contributed by atoms with Crippen molar-refractivity contribution in [3.63, 3.8) is 0 Å². The lowest BCUT2D eigenvalue weighted by Gasteiger charge is -2.09. The molecule has 0 radical (unpaired) electrons. The smallest absolute Gasteiger partial charge is 0.0425 e. The highest BCUT2D eigenvalue weighted by atomic mass is 14.7. The van der Waals surface area contributed by atoms with Gasteiger partial charge in [-0.05, 0) is 18.4 Å². The van der Waals surface area contributed by atoms with E-state index in [-0.39, 0.29) is 0 Å². The van der Waals surface area contributed by atoms with Gasteiger partial charge in [0.1, 0.15) is 0 Å². The summed E-state index contributed by atoms with van der Waals surface area (Å²) < 4.78 is 0. The summed E-state index contributed by atoms with van der Waals surface area (Å²) in [5.41, 5.74) is 1.05. The van der Waals surface area contributed by atoms with Crippen molar-refractivity contribution in [2.45, 2.75) is 33.1 Å². The van der Waals surface area contributed by atoms with Gasteiger partial charge in [-0.15, -0.1) is 0 Å². The van der Waals surface area contributed by atoms with Crippen molar-refractivity contribution < 1.29 is 0 Å². The number of unbranched alkanes of at least 4 members (excludes halogenated alkanes) is 1. The quantitative estimate of drug-likeness (QED) is 0.533. The van der Waals surface area contributed by atoms with Gasteiger partial charge in [0.2, 0.25) is 0 Å². The first kappa shape index (κ1) is 11.2. The standard InChI is InChI=1S/C11H19N/c1-5-8-9-10(4)11(6-2)12-7-3/h6-7,10H,2-3,5,8-9H2,1,4H3/b12-11+. The third kappa shape index (κ3) is 4.12. The minimum atomic E-state index is 0.514. The molecule has 1 nitrogen and oxygen atoms in total. The van der Waals surface area contributed by atoms with Crippen molar-refractivity contribution in [2.24, 2.45) is 10.9 Å². The monoisotopic (exact) mass is 165 g/mol. The van der Waals surface area contributed by atoms with Crippen LogP contribution < -0.4 is 0 Å². The Morgan fingerprint density at radius 3 is 2.58 bits per heavy atom. The zero-order valence-electron chi connectivity index (χ0n) is 8.21. The predicted octanol–water partition coefficient (Wildman–Crippen LogP) is 3.58. The van der Waals surface area contributed by atoms with Gasteiger partial charge in [0.25, 0.3) is 0 Å². The average Bonchev–Trinajstić information content (AvgIpc) is 2.10. The van der Waals surface area contributed by atoms with E-state index in [0.29, 0.717) is 5.92 Å². The molecule has 0 aliphatic heterocycles. The summed E-state index contributed by atoms with van der Waals surface area (Å²) in [5.74, 6) is 0.514. The van der Waals surface area contributed by atoms with Crippen LogP contribution in [-0.4, -0.2) is 5.71 Å². The molecular weight excluding hydrogens is 146 g/mol. The fourth-order valence-electron chi connectivity index (χ4n) is 1.14. The van der Waals surface area contributed by atoms with E-state index in [9.17, 15) is 0 Å². The van der Waals surface area contributed by atoms with Gasteiger partial charge in [0, 0.05) is 11.9 Å². The number of hydrogen-bond donors (Lipinski definition) is 0. The Balaban J connectivity index is 4.02. The summed E-state index contributed by atoms with van der Waals surface area (Å²) in [4.78, 5) is 4.16. The van der Waals surface area contributed by atoms with Gasteiger partial charge in [0.15, 0.2) is 0 Å². The van der Waals surface area contributed by atoms with Crippen molar-refractivity contribution >= 4 is 5.71 Å². The van der Waals surface area contributed by atoms with Crippen LogP contribution in [0.25, 0.3) is 0 Å². The van der Waals surface area contributed by atoms with Gasteiger partial charge in [-0.2, -0.15) is 0 Å². The summed E-state index contributed by atoms with van der Waals surface area (Å²) in [6.45, 7) is 11.7. The fourth-order valence-corrected chi connectivity index (χ4v) is 1.14. The highest BCUT2D eigenvalue weighted by molar-refractivity contribution is 5.96. The Morgan fingerprint density at radius 1 is 1.50 bits per heavy atom. The van der Waals surface area contributed by atoms with Crippen molar-refractivity contribution in [2.75, 3.05) is 0 Å². The second-order valence-electron chi connectivity index (χ2n) is 2.98. The minimum Gasteiger partial charge on any atom is -0.262 e. The van der Waals surface area contributed by atoms with Gasteiger partial charge < -0.3 is 0 Å². The number of aliphatic imine (C=N–C) groups is 1. The van der Waals surface area contributed by atoms with E-state index in [1.807, 2.05) is 6.08 Å². The van der Waals surface area contributed by atoms with Crippen LogP contribution in [-0.2, 0) is 0 Å². The number of allylic oxidation sites excluding steroid dienone is 1. The molecule has 0 bridgehead atoms. The summed E-state index contributed by atoms with van der Waals surface area (Å²) in [6.07, 6.45) is 7.09. The van der Waals surface area contributed by atoms with Crippen LogP contribution in [0, 0.1) is 5.92 Å². The first-order valence-corrected chi connectivity index (χ1v) is 4.57. The molecule has 0 saturated carbocycles.